The van der Waals surface area contributed by atoms with E-state index in [1.165, 1.54) is 22.5 Å². The van der Waals surface area contributed by atoms with Crippen LogP contribution in [0.15, 0.2) is 77.7 Å². The number of fused-ring (bicyclic) bond motifs is 1. The van der Waals surface area contributed by atoms with Gasteiger partial charge in [-0.1, -0.05) is 56.3 Å². The lowest BCUT2D eigenvalue weighted by Crippen LogP contribution is -2.53. The molecule has 1 aliphatic rings. The minimum Gasteiger partial charge on any atom is -0.489 e. The topological polar surface area (TPSA) is 144 Å². The summed E-state index contributed by atoms with van der Waals surface area (Å²) in [5, 5.41) is 22.3. The number of ether oxygens (including phenoxy) is 5. The molecule has 0 aromatic heterocycles. The van der Waals surface area contributed by atoms with E-state index in [0.717, 1.165) is 16.0 Å². The third kappa shape index (κ3) is 10.8. The van der Waals surface area contributed by atoms with Gasteiger partial charge in [0.2, 0.25) is 16.8 Å². The number of carbonyl (C=O) groups is 1. The quantitative estimate of drug-likeness (QED) is 0.147. The van der Waals surface area contributed by atoms with Crippen molar-refractivity contribution in [3.8, 4) is 17.2 Å². The van der Waals surface area contributed by atoms with Crippen molar-refractivity contribution in [2.45, 2.75) is 70.5 Å². The van der Waals surface area contributed by atoms with Crippen LogP contribution in [-0.4, -0.2) is 92.0 Å². The molecule has 2 atom stereocenters. The molecule has 2 N–H and O–H groups in total. The predicted octanol–water partition coefficient (Wildman–Crippen LogP) is 5.38. The second-order valence-electron chi connectivity index (χ2n) is 12.1. The van der Waals surface area contributed by atoms with Crippen molar-refractivity contribution in [1.82, 2.24) is 9.21 Å². The van der Waals surface area contributed by atoms with Gasteiger partial charge in [0.25, 0.3) is 0 Å². The number of carboxylic acid groups (broad SMARTS) is 1. The van der Waals surface area contributed by atoms with Gasteiger partial charge in [0.15, 0.2) is 17.8 Å². The molecule has 0 saturated heterocycles. The zero-order valence-electron chi connectivity index (χ0n) is 28.6. The molecule has 0 bridgehead atoms. The van der Waals surface area contributed by atoms with Crippen molar-refractivity contribution < 1.29 is 47.1 Å². The number of benzene rings is 3. The maximum Gasteiger partial charge on any atom is 0.407 e. The van der Waals surface area contributed by atoms with Gasteiger partial charge in [-0.15, -0.1) is 0 Å². The molecule has 0 aliphatic carbocycles. The molecule has 49 heavy (non-hydrogen) atoms. The van der Waals surface area contributed by atoms with Crippen molar-refractivity contribution in [3.63, 3.8) is 0 Å². The summed E-state index contributed by atoms with van der Waals surface area (Å²) in [5.74, 6) is 1.30. The monoisotopic (exact) mass is 700 g/mol. The lowest BCUT2D eigenvalue weighted by Gasteiger charge is -2.36. The molecule has 3 aromatic carbocycles. The normalized spacial score (nSPS) is 14.0. The Hall–Kier alpha value is -3.88. The molecule has 0 fully saturated rings. The molecule has 0 saturated carbocycles. The fourth-order valence-electron chi connectivity index (χ4n) is 5.59. The third-order valence-corrected chi connectivity index (χ3v) is 9.79. The van der Waals surface area contributed by atoms with Gasteiger partial charge in [0.05, 0.1) is 17.0 Å². The SMILES string of the molecule is CCOC(CCN(C(=O)O)[C@@H](Cc1ccc(OCc2ccccc2)cc1)[C@H](O)CN(CC(C)C)S(=O)(=O)c1ccc2c(c1)OCO2)OCC. The number of hydrogen-bond donors (Lipinski definition) is 2. The molecule has 0 unspecified atom stereocenters. The smallest absolute Gasteiger partial charge is 0.407 e. The second-order valence-corrected chi connectivity index (χ2v) is 14.0. The van der Waals surface area contributed by atoms with Crippen molar-refractivity contribution in [2.75, 3.05) is 39.6 Å². The van der Waals surface area contributed by atoms with Gasteiger partial charge in [0, 0.05) is 45.3 Å². The van der Waals surface area contributed by atoms with Crippen LogP contribution in [0.2, 0.25) is 0 Å². The third-order valence-electron chi connectivity index (χ3n) is 7.96. The molecule has 1 heterocycles. The average Bonchev–Trinajstić information content (AvgIpc) is 3.56. The van der Waals surface area contributed by atoms with Gasteiger partial charge in [-0.2, -0.15) is 4.31 Å². The number of aliphatic hydroxyl groups excluding tert-OH is 1. The first-order chi connectivity index (χ1) is 23.5. The molecular formula is C36H48N2O10S. The fraction of sp³-hybridized carbons (Fsp3) is 0.472. The standard InChI is InChI=1S/C36H48N2O10S/c1-5-44-35(45-6-2)18-19-38(36(40)41)31(20-27-12-14-29(15-13-27)46-24-28-10-8-7-9-11-28)32(39)23-37(22-26(3)4)49(42,43)30-16-17-33-34(21-30)48-25-47-33/h7-17,21,26,31-32,35,39H,5-6,18-20,22-25H2,1-4H3,(H,40,41)/t31-,32+/m0/s1. The Kier molecular flexibility index (Phi) is 14.1. The lowest BCUT2D eigenvalue weighted by atomic mass is 9.99. The molecule has 12 nitrogen and oxygen atoms in total. The lowest BCUT2D eigenvalue weighted by molar-refractivity contribution is -0.142. The van der Waals surface area contributed by atoms with Crippen molar-refractivity contribution in [2.24, 2.45) is 5.92 Å². The Balaban J connectivity index is 1.60. The number of amides is 1. The Bertz CT molecular complexity index is 1560. The summed E-state index contributed by atoms with van der Waals surface area (Å²) in [4.78, 5) is 13.9. The van der Waals surface area contributed by atoms with E-state index < -0.39 is 34.6 Å². The Labute approximate surface area is 289 Å². The fourth-order valence-corrected chi connectivity index (χ4v) is 7.22. The summed E-state index contributed by atoms with van der Waals surface area (Å²) in [5.41, 5.74) is 1.76. The molecule has 3 aromatic rings. The summed E-state index contributed by atoms with van der Waals surface area (Å²) < 4.78 is 57.2. The molecular weight excluding hydrogens is 652 g/mol. The second kappa shape index (κ2) is 18.2. The summed E-state index contributed by atoms with van der Waals surface area (Å²) in [6.45, 7) is 8.27. The van der Waals surface area contributed by atoms with Crippen molar-refractivity contribution in [1.29, 1.82) is 0 Å². The maximum absolute atomic E-state index is 14.0. The van der Waals surface area contributed by atoms with Crippen LogP contribution in [0.3, 0.4) is 0 Å². The van der Waals surface area contributed by atoms with Crippen LogP contribution in [0, 0.1) is 5.92 Å². The molecule has 1 amide bonds. The average molecular weight is 701 g/mol. The van der Waals surface area contributed by atoms with Gasteiger partial charge in [-0.05, 0) is 61.6 Å². The summed E-state index contributed by atoms with van der Waals surface area (Å²) in [7, 11) is -4.13. The molecule has 13 heteroatoms. The van der Waals surface area contributed by atoms with Crippen LogP contribution >= 0.6 is 0 Å². The molecule has 0 spiro atoms. The Morgan fingerprint density at radius 3 is 2.20 bits per heavy atom. The van der Waals surface area contributed by atoms with E-state index >= 15 is 0 Å². The highest BCUT2D eigenvalue weighted by atomic mass is 32.2. The van der Waals surface area contributed by atoms with E-state index in [4.69, 9.17) is 23.7 Å². The Morgan fingerprint density at radius 2 is 1.57 bits per heavy atom. The number of sulfonamides is 1. The van der Waals surface area contributed by atoms with E-state index in [0.29, 0.717) is 37.1 Å². The molecule has 4 rings (SSSR count). The van der Waals surface area contributed by atoms with E-state index in [-0.39, 0.29) is 50.1 Å². The van der Waals surface area contributed by atoms with Gasteiger partial charge in [-0.25, -0.2) is 13.2 Å². The molecule has 0 radical (unpaired) electrons. The maximum atomic E-state index is 14.0. The largest absolute Gasteiger partial charge is 0.489 e. The van der Waals surface area contributed by atoms with Crippen LogP contribution in [0.5, 0.6) is 17.2 Å². The van der Waals surface area contributed by atoms with E-state index in [9.17, 15) is 23.4 Å². The van der Waals surface area contributed by atoms with E-state index in [1.807, 2.05) is 70.2 Å². The van der Waals surface area contributed by atoms with Crippen LogP contribution in [0.1, 0.15) is 45.2 Å². The zero-order valence-corrected chi connectivity index (χ0v) is 29.4. The molecule has 1 aliphatic heterocycles. The van der Waals surface area contributed by atoms with E-state index in [1.54, 1.807) is 12.1 Å². The zero-order chi connectivity index (χ0) is 35.4. The highest BCUT2D eigenvalue weighted by Crippen LogP contribution is 2.35. The highest BCUT2D eigenvalue weighted by Gasteiger charge is 2.36. The van der Waals surface area contributed by atoms with Gasteiger partial charge >= 0.3 is 6.09 Å². The van der Waals surface area contributed by atoms with Crippen LogP contribution in [0.4, 0.5) is 4.79 Å². The van der Waals surface area contributed by atoms with Gasteiger partial charge < -0.3 is 38.8 Å². The van der Waals surface area contributed by atoms with E-state index in [2.05, 4.69) is 0 Å². The summed E-state index contributed by atoms with van der Waals surface area (Å²) >= 11 is 0. The van der Waals surface area contributed by atoms with Crippen LogP contribution in [-0.2, 0) is 32.5 Å². The van der Waals surface area contributed by atoms with Crippen molar-refractivity contribution in [3.05, 3.63) is 83.9 Å². The van der Waals surface area contributed by atoms with Gasteiger partial charge in [-0.3, -0.25) is 0 Å². The van der Waals surface area contributed by atoms with Crippen LogP contribution < -0.4 is 14.2 Å². The van der Waals surface area contributed by atoms with Gasteiger partial charge in [0.1, 0.15) is 12.4 Å². The number of aliphatic hydroxyl groups is 1. The Morgan fingerprint density at radius 1 is 0.898 bits per heavy atom. The van der Waals surface area contributed by atoms with Crippen molar-refractivity contribution >= 4 is 16.1 Å². The minimum atomic E-state index is -4.13. The summed E-state index contributed by atoms with van der Waals surface area (Å²) in [6, 6.07) is 20.3. The highest BCUT2D eigenvalue weighted by molar-refractivity contribution is 7.89. The first-order valence-corrected chi connectivity index (χ1v) is 18.0. The minimum absolute atomic E-state index is 0.00641. The number of hydrogen-bond acceptors (Lipinski definition) is 9. The first-order valence-electron chi connectivity index (χ1n) is 16.6. The summed E-state index contributed by atoms with van der Waals surface area (Å²) in [6.07, 6.45) is -2.97. The first kappa shape index (κ1) is 37.9. The number of nitrogens with zero attached hydrogens (tertiary/aromatic N) is 2. The predicted molar refractivity (Wildman–Crippen MR) is 183 cm³/mol. The number of rotatable bonds is 20. The molecule has 268 valence electrons. The van der Waals surface area contributed by atoms with Crippen LogP contribution in [0.25, 0.3) is 0 Å².